The van der Waals surface area contributed by atoms with E-state index in [-0.39, 0.29) is 17.9 Å². The van der Waals surface area contributed by atoms with Crippen LogP contribution >= 0.6 is 0 Å². The van der Waals surface area contributed by atoms with E-state index >= 15 is 0 Å². The highest BCUT2D eigenvalue weighted by molar-refractivity contribution is 5.83. The first-order chi connectivity index (χ1) is 11.6. The number of aliphatic carboxylic acids is 1. The van der Waals surface area contributed by atoms with Gasteiger partial charge in [0, 0.05) is 19.8 Å². The molecule has 0 spiro atoms. The predicted octanol–water partition coefficient (Wildman–Crippen LogP) is 2.36. The first-order valence-corrected chi connectivity index (χ1v) is 8.35. The van der Waals surface area contributed by atoms with Crippen molar-refractivity contribution in [3.05, 3.63) is 29.8 Å². The molecular formula is C18H25NO5. The number of hydrogen-bond acceptors (Lipinski definition) is 4. The fraction of sp³-hybridized carbons (Fsp3) is 0.556. The SMILES string of the molecule is CCOCCC1(C(=O)NCc2cccc(OCC(=O)O)c2)CCC1. The predicted molar refractivity (Wildman–Crippen MR) is 88.8 cm³/mol. The largest absolute Gasteiger partial charge is 0.482 e. The van der Waals surface area contributed by atoms with Crippen LogP contribution in [0.3, 0.4) is 0 Å². The molecule has 0 bridgehead atoms. The van der Waals surface area contributed by atoms with Crippen molar-refractivity contribution in [2.24, 2.45) is 5.41 Å². The van der Waals surface area contributed by atoms with Crippen molar-refractivity contribution < 1.29 is 24.2 Å². The van der Waals surface area contributed by atoms with E-state index in [2.05, 4.69) is 5.32 Å². The van der Waals surface area contributed by atoms with E-state index in [4.69, 9.17) is 14.6 Å². The van der Waals surface area contributed by atoms with Crippen molar-refractivity contribution in [1.29, 1.82) is 0 Å². The van der Waals surface area contributed by atoms with E-state index in [9.17, 15) is 9.59 Å². The zero-order valence-electron chi connectivity index (χ0n) is 14.0. The summed E-state index contributed by atoms with van der Waals surface area (Å²) in [4.78, 5) is 23.1. The van der Waals surface area contributed by atoms with Gasteiger partial charge in [-0.25, -0.2) is 4.79 Å². The topological polar surface area (TPSA) is 84.9 Å². The van der Waals surface area contributed by atoms with Gasteiger partial charge < -0.3 is 19.9 Å². The van der Waals surface area contributed by atoms with Gasteiger partial charge in [0.15, 0.2) is 6.61 Å². The van der Waals surface area contributed by atoms with E-state index in [0.717, 1.165) is 31.2 Å². The molecule has 0 atom stereocenters. The molecule has 132 valence electrons. The number of hydrogen-bond donors (Lipinski definition) is 2. The Morgan fingerprint density at radius 3 is 2.75 bits per heavy atom. The van der Waals surface area contributed by atoms with Gasteiger partial charge in [0.2, 0.25) is 5.91 Å². The van der Waals surface area contributed by atoms with Crippen LogP contribution in [0, 0.1) is 5.41 Å². The summed E-state index contributed by atoms with van der Waals surface area (Å²) in [6.45, 7) is 3.26. The van der Waals surface area contributed by atoms with Crippen molar-refractivity contribution in [1.82, 2.24) is 5.32 Å². The number of ether oxygens (including phenoxy) is 2. The lowest BCUT2D eigenvalue weighted by atomic mass is 9.66. The number of carboxylic acids is 1. The summed E-state index contributed by atoms with van der Waals surface area (Å²) >= 11 is 0. The lowest BCUT2D eigenvalue weighted by molar-refractivity contribution is -0.139. The molecule has 2 N–H and O–H groups in total. The molecule has 24 heavy (non-hydrogen) atoms. The molecular weight excluding hydrogens is 310 g/mol. The molecule has 1 aromatic rings. The minimum absolute atomic E-state index is 0.0744. The van der Waals surface area contributed by atoms with Crippen LogP contribution in [0.15, 0.2) is 24.3 Å². The lowest BCUT2D eigenvalue weighted by Gasteiger charge is -2.40. The average molecular weight is 335 g/mol. The second-order valence-corrected chi connectivity index (χ2v) is 6.09. The van der Waals surface area contributed by atoms with Crippen LogP contribution in [-0.2, 0) is 20.9 Å². The molecule has 0 heterocycles. The Hall–Kier alpha value is -2.08. The molecule has 6 nitrogen and oxygen atoms in total. The minimum atomic E-state index is -1.02. The summed E-state index contributed by atoms with van der Waals surface area (Å²) in [6.07, 6.45) is 3.66. The molecule has 1 fully saturated rings. The van der Waals surface area contributed by atoms with E-state index in [1.807, 2.05) is 13.0 Å². The van der Waals surface area contributed by atoms with Crippen LogP contribution in [0.2, 0.25) is 0 Å². The smallest absolute Gasteiger partial charge is 0.341 e. The van der Waals surface area contributed by atoms with Gasteiger partial charge >= 0.3 is 5.97 Å². The third-order valence-electron chi connectivity index (χ3n) is 4.44. The highest BCUT2D eigenvalue weighted by atomic mass is 16.5. The van der Waals surface area contributed by atoms with Crippen molar-refractivity contribution in [2.45, 2.75) is 39.2 Å². The van der Waals surface area contributed by atoms with Gasteiger partial charge in [0.1, 0.15) is 5.75 Å². The van der Waals surface area contributed by atoms with Crippen molar-refractivity contribution in [2.75, 3.05) is 19.8 Å². The molecule has 0 aliphatic heterocycles. The second kappa shape index (κ2) is 8.68. The average Bonchev–Trinajstić information content (AvgIpc) is 2.53. The van der Waals surface area contributed by atoms with E-state index in [1.54, 1.807) is 18.2 Å². The molecule has 0 radical (unpaired) electrons. The van der Waals surface area contributed by atoms with Gasteiger partial charge in [-0.1, -0.05) is 18.6 Å². The van der Waals surface area contributed by atoms with Gasteiger partial charge in [0.25, 0.3) is 0 Å². The number of rotatable bonds is 10. The molecule has 2 rings (SSSR count). The monoisotopic (exact) mass is 335 g/mol. The van der Waals surface area contributed by atoms with Crippen LogP contribution in [-0.4, -0.2) is 36.8 Å². The fourth-order valence-corrected chi connectivity index (χ4v) is 2.87. The normalized spacial score (nSPS) is 15.4. The maximum atomic E-state index is 12.5. The Bertz CT molecular complexity index is 568. The molecule has 1 amide bonds. The Morgan fingerprint density at radius 1 is 1.33 bits per heavy atom. The van der Waals surface area contributed by atoms with Crippen LogP contribution in [0.1, 0.15) is 38.2 Å². The van der Waals surface area contributed by atoms with Crippen molar-refractivity contribution >= 4 is 11.9 Å². The van der Waals surface area contributed by atoms with Gasteiger partial charge in [-0.2, -0.15) is 0 Å². The number of carboxylic acid groups (broad SMARTS) is 1. The van der Waals surface area contributed by atoms with E-state index in [1.165, 1.54) is 0 Å². The minimum Gasteiger partial charge on any atom is -0.482 e. The number of nitrogens with one attached hydrogen (secondary N) is 1. The standard InChI is InChI=1S/C18H25NO5/c1-2-23-10-9-18(7-4-8-18)17(22)19-12-14-5-3-6-15(11-14)24-13-16(20)21/h3,5-6,11H,2,4,7-10,12-13H2,1H3,(H,19,22)(H,20,21). The van der Waals surface area contributed by atoms with Crippen LogP contribution in [0.4, 0.5) is 0 Å². The second-order valence-electron chi connectivity index (χ2n) is 6.09. The maximum Gasteiger partial charge on any atom is 0.341 e. The Morgan fingerprint density at radius 2 is 2.12 bits per heavy atom. The molecule has 1 saturated carbocycles. The summed E-state index contributed by atoms with van der Waals surface area (Å²) in [5.74, 6) is -0.459. The summed E-state index contributed by atoms with van der Waals surface area (Å²) in [6, 6.07) is 7.11. The van der Waals surface area contributed by atoms with E-state index < -0.39 is 5.97 Å². The third kappa shape index (κ3) is 4.96. The highest BCUT2D eigenvalue weighted by Crippen LogP contribution is 2.44. The summed E-state index contributed by atoms with van der Waals surface area (Å²) in [7, 11) is 0. The highest BCUT2D eigenvalue weighted by Gasteiger charge is 2.43. The van der Waals surface area contributed by atoms with E-state index in [0.29, 0.717) is 25.5 Å². The number of amides is 1. The van der Waals surface area contributed by atoms with Crippen LogP contribution in [0.5, 0.6) is 5.75 Å². The zero-order valence-corrected chi connectivity index (χ0v) is 14.0. The zero-order chi connectivity index (χ0) is 17.4. The summed E-state index contributed by atoms with van der Waals surface area (Å²) in [5, 5.41) is 11.6. The Kier molecular flexibility index (Phi) is 6.61. The van der Waals surface area contributed by atoms with Gasteiger partial charge in [-0.3, -0.25) is 4.79 Å². The maximum absolute atomic E-state index is 12.5. The van der Waals surface area contributed by atoms with Gasteiger partial charge in [0.05, 0.1) is 5.41 Å². The lowest BCUT2D eigenvalue weighted by Crippen LogP contribution is -2.46. The van der Waals surface area contributed by atoms with Crippen LogP contribution in [0.25, 0.3) is 0 Å². The Balaban J connectivity index is 1.86. The van der Waals surface area contributed by atoms with Gasteiger partial charge in [-0.05, 0) is 43.9 Å². The number of carbonyl (C=O) groups is 2. The quantitative estimate of drug-likeness (QED) is 0.641. The summed E-state index contributed by atoms with van der Waals surface area (Å²) < 4.78 is 10.5. The Labute approximate surface area is 142 Å². The molecule has 0 unspecified atom stereocenters. The first-order valence-electron chi connectivity index (χ1n) is 8.35. The molecule has 0 saturated heterocycles. The molecule has 1 aromatic carbocycles. The molecule has 1 aliphatic carbocycles. The van der Waals surface area contributed by atoms with Crippen LogP contribution < -0.4 is 10.1 Å². The number of carbonyl (C=O) groups excluding carboxylic acids is 1. The van der Waals surface area contributed by atoms with Gasteiger partial charge in [-0.15, -0.1) is 0 Å². The fourth-order valence-electron chi connectivity index (χ4n) is 2.87. The number of benzene rings is 1. The molecule has 1 aliphatic rings. The van der Waals surface area contributed by atoms with Crippen molar-refractivity contribution in [3.63, 3.8) is 0 Å². The third-order valence-corrected chi connectivity index (χ3v) is 4.44. The first kappa shape index (κ1) is 18.3. The summed E-state index contributed by atoms with van der Waals surface area (Å²) in [5.41, 5.74) is 0.595. The van der Waals surface area contributed by atoms with Crippen molar-refractivity contribution in [3.8, 4) is 5.75 Å². The molecule has 0 aromatic heterocycles. The molecule has 6 heteroatoms.